The molecule has 1 fully saturated rings. The van der Waals surface area contributed by atoms with Gasteiger partial charge in [0.25, 0.3) is 5.91 Å². The van der Waals surface area contributed by atoms with Crippen molar-refractivity contribution in [1.82, 2.24) is 4.90 Å². The minimum Gasteiger partial charge on any atom is -0.396 e. The Balaban J connectivity index is 2.12. The fraction of sp³-hybridized carbons (Fsp3) is 0.500. The van der Waals surface area contributed by atoms with E-state index in [-0.39, 0.29) is 12.5 Å². The van der Waals surface area contributed by atoms with Gasteiger partial charge < -0.3 is 10.0 Å². The van der Waals surface area contributed by atoms with Gasteiger partial charge in [-0.1, -0.05) is 0 Å². The molecular weight excluding hydrogens is 326 g/mol. The van der Waals surface area contributed by atoms with Crippen LogP contribution in [0.3, 0.4) is 0 Å². The molecule has 1 atom stereocenters. The molecule has 0 spiro atoms. The van der Waals surface area contributed by atoms with Crippen LogP contribution in [0.2, 0.25) is 0 Å². The number of piperidine rings is 1. The predicted octanol–water partition coefficient (Wildman–Crippen LogP) is 2.97. The Morgan fingerprint density at radius 2 is 2.32 bits per heavy atom. The SMILES string of the molecule is O=C(c1cc(S)ccc1Br)N1CCCC(CCO)C1. The summed E-state index contributed by atoms with van der Waals surface area (Å²) in [4.78, 5) is 15.2. The van der Waals surface area contributed by atoms with E-state index in [1.54, 1.807) is 6.07 Å². The largest absolute Gasteiger partial charge is 0.396 e. The first kappa shape index (κ1) is 14.9. The van der Waals surface area contributed by atoms with Gasteiger partial charge in [-0.05, 0) is 59.3 Å². The van der Waals surface area contributed by atoms with E-state index in [0.29, 0.717) is 11.5 Å². The minimum absolute atomic E-state index is 0.0467. The molecule has 1 aromatic carbocycles. The lowest BCUT2D eigenvalue weighted by Crippen LogP contribution is -2.40. The Morgan fingerprint density at radius 1 is 1.53 bits per heavy atom. The van der Waals surface area contributed by atoms with Crippen LogP contribution in [-0.4, -0.2) is 35.6 Å². The first-order valence-corrected chi connectivity index (χ1v) is 7.74. The molecule has 19 heavy (non-hydrogen) atoms. The van der Waals surface area contributed by atoms with Gasteiger partial charge >= 0.3 is 0 Å². The van der Waals surface area contributed by atoms with Gasteiger partial charge in [0.05, 0.1) is 5.56 Å². The highest BCUT2D eigenvalue weighted by atomic mass is 79.9. The first-order chi connectivity index (χ1) is 9.11. The molecule has 3 nitrogen and oxygen atoms in total. The normalized spacial score (nSPS) is 19.5. The molecule has 5 heteroatoms. The molecule has 1 aromatic rings. The summed E-state index contributed by atoms with van der Waals surface area (Å²) in [6, 6.07) is 5.50. The number of likely N-dealkylation sites (tertiary alicyclic amines) is 1. The fourth-order valence-electron chi connectivity index (χ4n) is 2.52. The molecule has 1 aliphatic heterocycles. The summed E-state index contributed by atoms with van der Waals surface area (Å²) in [5.41, 5.74) is 0.664. The van der Waals surface area contributed by atoms with E-state index in [1.807, 2.05) is 17.0 Å². The van der Waals surface area contributed by atoms with Crippen molar-refractivity contribution >= 4 is 34.5 Å². The van der Waals surface area contributed by atoms with Crippen molar-refractivity contribution in [2.45, 2.75) is 24.2 Å². The van der Waals surface area contributed by atoms with Crippen LogP contribution in [0.1, 0.15) is 29.6 Å². The van der Waals surface area contributed by atoms with E-state index in [2.05, 4.69) is 28.6 Å². The molecule has 1 heterocycles. The Kier molecular flexibility index (Phi) is 5.30. The molecule has 1 aliphatic rings. The highest BCUT2D eigenvalue weighted by Gasteiger charge is 2.25. The lowest BCUT2D eigenvalue weighted by Gasteiger charge is -2.32. The lowest BCUT2D eigenvalue weighted by molar-refractivity contribution is 0.0652. The van der Waals surface area contributed by atoms with Gasteiger partial charge in [0.2, 0.25) is 0 Å². The van der Waals surface area contributed by atoms with Crippen LogP contribution in [0.25, 0.3) is 0 Å². The Bertz CT molecular complexity index is 465. The zero-order valence-corrected chi connectivity index (χ0v) is 13.2. The van der Waals surface area contributed by atoms with E-state index in [1.165, 1.54) is 0 Å². The number of rotatable bonds is 3. The number of hydrogen-bond donors (Lipinski definition) is 2. The van der Waals surface area contributed by atoms with Crippen molar-refractivity contribution in [2.75, 3.05) is 19.7 Å². The third-order valence-corrected chi connectivity index (χ3v) is 4.49. The van der Waals surface area contributed by atoms with Crippen LogP contribution < -0.4 is 0 Å². The number of nitrogens with zero attached hydrogens (tertiary/aromatic N) is 1. The van der Waals surface area contributed by atoms with Crippen LogP contribution in [0.5, 0.6) is 0 Å². The molecule has 0 saturated carbocycles. The van der Waals surface area contributed by atoms with Crippen LogP contribution in [-0.2, 0) is 0 Å². The molecule has 104 valence electrons. The zero-order valence-electron chi connectivity index (χ0n) is 10.7. The molecule has 1 amide bonds. The third kappa shape index (κ3) is 3.74. The standard InChI is InChI=1S/C14H18BrNO2S/c15-13-4-3-11(19)8-12(13)14(18)16-6-1-2-10(9-16)5-7-17/h3-4,8,10,17,19H,1-2,5-7,9H2. The number of carbonyl (C=O) groups is 1. The third-order valence-electron chi connectivity index (χ3n) is 3.52. The monoisotopic (exact) mass is 343 g/mol. The van der Waals surface area contributed by atoms with E-state index in [0.717, 1.165) is 41.7 Å². The van der Waals surface area contributed by atoms with Gasteiger partial charge in [-0.3, -0.25) is 4.79 Å². The number of aliphatic hydroxyl groups excluding tert-OH is 1. The van der Waals surface area contributed by atoms with Gasteiger partial charge in [0, 0.05) is 29.1 Å². The van der Waals surface area contributed by atoms with Crippen LogP contribution in [0.15, 0.2) is 27.6 Å². The molecule has 2 rings (SSSR count). The quantitative estimate of drug-likeness (QED) is 0.828. The molecule has 0 aliphatic carbocycles. The van der Waals surface area contributed by atoms with Gasteiger partial charge in [-0.15, -0.1) is 12.6 Å². The molecule has 1 N–H and O–H groups in total. The molecule has 1 unspecified atom stereocenters. The molecule has 0 aromatic heterocycles. The van der Waals surface area contributed by atoms with Crippen molar-refractivity contribution in [3.05, 3.63) is 28.2 Å². The number of thiol groups is 1. The predicted molar refractivity (Wildman–Crippen MR) is 81.7 cm³/mol. The van der Waals surface area contributed by atoms with Crippen LogP contribution >= 0.6 is 28.6 Å². The van der Waals surface area contributed by atoms with Crippen LogP contribution in [0.4, 0.5) is 0 Å². The molecule has 0 radical (unpaired) electrons. The Morgan fingerprint density at radius 3 is 3.05 bits per heavy atom. The first-order valence-electron chi connectivity index (χ1n) is 6.50. The number of amides is 1. The van der Waals surface area contributed by atoms with E-state index >= 15 is 0 Å². The summed E-state index contributed by atoms with van der Waals surface area (Å²) < 4.78 is 0.805. The van der Waals surface area contributed by atoms with Gasteiger partial charge in [-0.25, -0.2) is 0 Å². The second-order valence-corrected chi connectivity index (χ2v) is 6.31. The van der Waals surface area contributed by atoms with Crippen molar-refractivity contribution < 1.29 is 9.90 Å². The number of hydrogen-bond acceptors (Lipinski definition) is 3. The van der Waals surface area contributed by atoms with Gasteiger partial charge in [-0.2, -0.15) is 0 Å². The number of aliphatic hydroxyl groups is 1. The molecular formula is C14H18BrNO2S. The number of halogens is 1. The van der Waals surface area contributed by atoms with E-state index in [9.17, 15) is 4.79 Å². The summed E-state index contributed by atoms with van der Waals surface area (Å²) in [6.07, 6.45) is 2.88. The van der Waals surface area contributed by atoms with Crippen molar-refractivity contribution in [3.63, 3.8) is 0 Å². The summed E-state index contributed by atoms with van der Waals surface area (Å²) in [5.74, 6) is 0.464. The van der Waals surface area contributed by atoms with E-state index in [4.69, 9.17) is 5.11 Å². The smallest absolute Gasteiger partial charge is 0.255 e. The zero-order chi connectivity index (χ0) is 13.8. The van der Waals surface area contributed by atoms with Crippen LogP contribution in [0, 0.1) is 5.92 Å². The minimum atomic E-state index is 0.0467. The van der Waals surface area contributed by atoms with Crippen molar-refractivity contribution in [3.8, 4) is 0 Å². The summed E-state index contributed by atoms with van der Waals surface area (Å²) >= 11 is 7.71. The number of carbonyl (C=O) groups excluding carboxylic acids is 1. The fourth-order valence-corrected chi connectivity index (χ4v) is 3.14. The Labute approximate surface area is 127 Å². The van der Waals surface area contributed by atoms with Crippen molar-refractivity contribution in [2.24, 2.45) is 5.92 Å². The highest BCUT2D eigenvalue weighted by molar-refractivity contribution is 9.10. The van der Waals surface area contributed by atoms with Gasteiger partial charge in [0.15, 0.2) is 0 Å². The molecule has 1 saturated heterocycles. The van der Waals surface area contributed by atoms with E-state index < -0.39 is 0 Å². The van der Waals surface area contributed by atoms with Gasteiger partial charge in [0.1, 0.15) is 0 Å². The lowest BCUT2D eigenvalue weighted by atomic mass is 9.94. The average molecular weight is 344 g/mol. The summed E-state index contributed by atoms with van der Waals surface area (Å²) in [5, 5.41) is 9.02. The second-order valence-electron chi connectivity index (χ2n) is 4.94. The maximum Gasteiger partial charge on any atom is 0.255 e. The average Bonchev–Trinajstić information content (AvgIpc) is 2.41. The highest BCUT2D eigenvalue weighted by Crippen LogP contribution is 2.25. The second kappa shape index (κ2) is 6.77. The maximum absolute atomic E-state index is 12.5. The maximum atomic E-state index is 12.5. The van der Waals surface area contributed by atoms with Crippen molar-refractivity contribution in [1.29, 1.82) is 0 Å². The summed E-state index contributed by atoms with van der Waals surface area (Å²) in [7, 11) is 0. The molecule has 0 bridgehead atoms. The summed E-state index contributed by atoms with van der Waals surface area (Å²) in [6.45, 7) is 1.73. The topological polar surface area (TPSA) is 40.5 Å². The Hall–Kier alpha value is -0.520. The number of benzene rings is 1.